The Labute approximate surface area is 218 Å². The van der Waals surface area contributed by atoms with Crippen molar-refractivity contribution in [3.05, 3.63) is 65.8 Å². The highest BCUT2D eigenvalue weighted by atomic mass is 32.1. The van der Waals surface area contributed by atoms with Crippen molar-refractivity contribution >= 4 is 28.2 Å². The maximum Gasteiger partial charge on any atom is 0.242 e. The number of benzene rings is 1. The molecule has 0 bridgehead atoms. The Hall–Kier alpha value is -2.99. The lowest BCUT2D eigenvalue weighted by molar-refractivity contribution is 0.0931. The van der Waals surface area contributed by atoms with Gasteiger partial charge in [-0.25, -0.2) is 9.97 Å². The van der Waals surface area contributed by atoms with Crippen LogP contribution in [0.5, 0.6) is 5.88 Å². The van der Waals surface area contributed by atoms with Crippen molar-refractivity contribution < 1.29 is 9.53 Å². The van der Waals surface area contributed by atoms with Gasteiger partial charge in [-0.1, -0.05) is 69.2 Å². The first-order valence-electron chi connectivity index (χ1n) is 9.99. The van der Waals surface area contributed by atoms with Crippen LogP contribution in [-0.4, -0.2) is 26.4 Å². The van der Waals surface area contributed by atoms with Gasteiger partial charge in [-0.15, -0.1) is 11.3 Å². The summed E-state index contributed by atoms with van der Waals surface area (Å²) in [6.07, 6.45) is 1.96. The number of hydrogen-bond acceptors (Lipinski definition) is 5. The summed E-state index contributed by atoms with van der Waals surface area (Å²) in [5, 5.41) is 2.03. The largest absolute Gasteiger partial charge is 0.473 e. The number of hydrogen-bond donors (Lipinski definition) is 0. The summed E-state index contributed by atoms with van der Waals surface area (Å²) >= 11 is 1.64. The number of para-hydroxylation sites is 2. The van der Waals surface area contributed by atoms with Gasteiger partial charge in [-0.2, -0.15) is 0 Å². The summed E-state index contributed by atoms with van der Waals surface area (Å²) in [7, 11) is 1.88. The van der Waals surface area contributed by atoms with Gasteiger partial charge >= 0.3 is 0 Å². The maximum absolute atomic E-state index is 11.4. The van der Waals surface area contributed by atoms with Gasteiger partial charge in [0.05, 0.1) is 27.7 Å². The second-order valence-electron chi connectivity index (χ2n) is 7.53. The first-order valence-corrected chi connectivity index (χ1v) is 10.9. The fourth-order valence-electron chi connectivity index (χ4n) is 2.88. The van der Waals surface area contributed by atoms with Gasteiger partial charge in [-0.3, -0.25) is 4.79 Å². The van der Waals surface area contributed by atoms with E-state index in [0.717, 1.165) is 27.3 Å². The Morgan fingerprint density at radius 2 is 1.46 bits per heavy atom. The van der Waals surface area contributed by atoms with Crippen molar-refractivity contribution in [2.75, 3.05) is 0 Å². The Morgan fingerprint density at radius 1 is 0.857 bits per heavy atom. The lowest BCUT2D eigenvalue weighted by atomic mass is 10.1. The zero-order valence-corrected chi connectivity index (χ0v) is 18.8. The van der Waals surface area contributed by atoms with Crippen molar-refractivity contribution in [2.45, 2.75) is 70.9 Å². The van der Waals surface area contributed by atoms with E-state index in [9.17, 15) is 4.79 Å². The van der Waals surface area contributed by atoms with Gasteiger partial charge in [0.25, 0.3) is 0 Å². The maximum atomic E-state index is 11.4. The molecule has 0 spiro atoms. The van der Waals surface area contributed by atoms with Gasteiger partial charge in [0.15, 0.2) is 5.78 Å². The summed E-state index contributed by atoms with van der Waals surface area (Å²) in [4.78, 5) is 21.8. The number of ether oxygens (including phenoxy) is 1. The molecule has 3 aromatic heterocycles. The SMILES string of the molecule is C.C.C.C.C.CC(C)C(=O)c1cccn1C.CC(C)Oc1nc2ccccc2nc1-c1cccs1. The number of carbonyl (C=O) groups is 1. The number of nitrogens with zero attached hydrogens (tertiary/aromatic N) is 3. The molecule has 5 nitrogen and oxygen atoms in total. The molecular weight excluding hydrogens is 454 g/mol. The standard InChI is InChI=1S/C15H14N2OS.C9H13NO.5CH4/c1-10(2)18-15-14(13-8-5-9-19-13)16-11-6-3-4-7-12(11)17-15;1-7(2)9(11)8-5-4-6-10(8)3;;;;;/h3-10H,1-2H3;4-7H,1-3H3;5*1H4. The van der Waals surface area contributed by atoms with E-state index in [-0.39, 0.29) is 54.9 Å². The average Bonchev–Trinajstić information content (AvgIpc) is 3.38. The lowest BCUT2D eigenvalue weighted by Crippen LogP contribution is -2.11. The molecule has 3 heterocycles. The quantitative estimate of drug-likeness (QED) is 0.256. The number of thiophene rings is 1. The second kappa shape index (κ2) is 16.6. The molecule has 0 aliphatic heterocycles. The molecule has 0 N–H and O–H groups in total. The lowest BCUT2D eigenvalue weighted by Gasteiger charge is -2.12. The number of aryl methyl sites for hydroxylation is 1. The van der Waals surface area contributed by atoms with Crippen LogP contribution in [-0.2, 0) is 7.05 Å². The number of carbonyl (C=O) groups excluding carboxylic acids is 1. The van der Waals surface area contributed by atoms with Gasteiger partial charge < -0.3 is 9.30 Å². The summed E-state index contributed by atoms with van der Waals surface area (Å²) in [6.45, 7) is 7.81. The van der Waals surface area contributed by atoms with Crippen LogP contribution >= 0.6 is 11.3 Å². The van der Waals surface area contributed by atoms with E-state index in [1.54, 1.807) is 11.3 Å². The summed E-state index contributed by atoms with van der Waals surface area (Å²) in [6, 6.07) is 15.6. The van der Waals surface area contributed by atoms with Crippen LogP contribution in [0.3, 0.4) is 0 Å². The molecule has 0 radical (unpaired) electrons. The van der Waals surface area contributed by atoms with Crippen molar-refractivity contribution in [1.82, 2.24) is 14.5 Å². The Balaban J connectivity index is -0.000000567. The van der Waals surface area contributed by atoms with Crippen LogP contribution in [0.4, 0.5) is 0 Å². The molecule has 0 amide bonds. The third-order valence-electron chi connectivity index (χ3n) is 4.36. The Kier molecular flexibility index (Phi) is 17.4. The molecule has 4 aromatic rings. The van der Waals surface area contributed by atoms with Gasteiger partial charge in [-0.05, 0) is 49.6 Å². The summed E-state index contributed by atoms with van der Waals surface area (Å²) < 4.78 is 7.66. The number of Topliss-reactive ketones (excluding diaryl/α,β-unsaturated/α-hetero) is 1. The fourth-order valence-corrected chi connectivity index (χ4v) is 3.58. The third kappa shape index (κ3) is 9.29. The van der Waals surface area contributed by atoms with Crippen LogP contribution < -0.4 is 4.74 Å². The Bertz CT molecular complexity index is 1120. The van der Waals surface area contributed by atoms with Gasteiger partial charge in [0, 0.05) is 19.2 Å². The van der Waals surface area contributed by atoms with Crippen molar-refractivity contribution in [3.63, 3.8) is 0 Å². The predicted octanol–water partition coefficient (Wildman–Crippen LogP) is 9.19. The monoisotopic (exact) mass is 501 g/mol. The van der Waals surface area contributed by atoms with Crippen LogP contribution in [0.25, 0.3) is 21.6 Å². The molecule has 0 fully saturated rings. The van der Waals surface area contributed by atoms with Gasteiger partial charge in [0.2, 0.25) is 5.88 Å². The van der Waals surface area contributed by atoms with Crippen molar-refractivity contribution in [3.8, 4) is 16.5 Å². The minimum absolute atomic E-state index is 0. The van der Waals surface area contributed by atoms with E-state index < -0.39 is 0 Å². The fraction of sp³-hybridized carbons (Fsp3) is 0.414. The zero-order valence-electron chi connectivity index (χ0n) is 18.0. The molecule has 1 aromatic carbocycles. The highest BCUT2D eigenvalue weighted by molar-refractivity contribution is 7.13. The van der Waals surface area contributed by atoms with E-state index in [1.165, 1.54) is 0 Å². The third-order valence-corrected chi connectivity index (χ3v) is 5.24. The molecule has 35 heavy (non-hydrogen) atoms. The minimum atomic E-state index is 0. The summed E-state index contributed by atoms with van der Waals surface area (Å²) in [5.41, 5.74) is 3.36. The molecule has 0 saturated heterocycles. The average molecular weight is 502 g/mol. The highest BCUT2D eigenvalue weighted by Crippen LogP contribution is 2.32. The number of ketones is 1. The first kappa shape index (κ1) is 36.6. The molecule has 196 valence electrons. The summed E-state index contributed by atoms with van der Waals surface area (Å²) in [5.74, 6) is 0.900. The molecule has 4 rings (SSSR count). The normalized spacial score (nSPS) is 9.34. The van der Waals surface area contributed by atoms with E-state index in [2.05, 4.69) is 4.98 Å². The second-order valence-corrected chi connectivity index (χ2v) is 8.48. The van der Waals surface area contributed by atoms with Crippen molar-refractivity contribution in [2.24, 2.45) is 13.0 Å². The van der Waals surface area contributed by atoms with E-state index in [1.807, 2.05) is 99.4 Å². The molecule has 6 heteroatoms. The van der Waals surface area contributed by atoms with Crippen LogP contribution in [0.1, 0.15) is 75.3 Å². The van der Waals surface area contributed by atoms with Crippen LogP contribution in [0, 0.1) is 5.92 Å². The number of aromatic nitrogens is 3. The predicted molar refractivity (Wildman–Crippen MR) is 157 cm³/mol. The van der Waals surface area contributed by atoms with Crippen LogP contribution in [0.2, 0.25) is 0 Å². The molecule has 0 unspecified atom stereocenters. The smallest absolute Gasteiger partial charge is 0.242 e. The zero-order chi connectivity index (χ0) is 21.7. The first-order chi connectivity index (χ1) is 14.4. The number of fused-ring (bicyclic) bond motifs is 1. The molecule has 0 atom stereocenters. The number of rotatable bonds is 5. The van der Waals surface area contributed by atoms with E-state index in [4.69, 9.17) is 9.72 Å². The van der Waals surface area contributed by atoms with Gasteiger partial charge in [0.1, 0.15) is 5.69 Å². The molecule has 0 aliphatic rings. The topological polar surface area (TPSA) is 57.0 Å². The minimum Gasteiger partial charge on any atom is -0.473 e. The van der Waals surface area contributed by atoms with E-state index in [0.29, 0.717) is 5.88 Å². The molecular formula is C29H47N3O2S. The molecule has 0 saturated carbocycles. The Morgan fingerprint density at radius 3 is 1.91 bits per heavy atom. The van der Waals surface area contributed by atoms with E-state index >= 15 is 0 Å². The van der Waals surface area contributed by atoms with Crippen LogP contribution in [0.15, 0.2) is 60.1 Å². The van der Waals surface area contributed by atoms with Crippen molar-refractivity contribution in [1.29, 1.82) is 0 Å². The molecule has 0 aliphatic carbocycles. The highest BCUT2D eigenvalue weighted by Gasteiger charge is 2.14.